The molecule has 3 N–H and O–H groups in total. The number of hydrogen-bond donors (Lipinski definition) is 3. The first-order chi connectivity index (χ1) is 13.6. The number of nitrogens with one attached hydrogen (secondary N) is 3. The van der Waals surface area contributed by atoms with Crippen molar-refractivity contribution in [2.75, 3.05) is 20.2 Å². The molecule has 154 valence electrons. The number of hydrogen-bond acceptors (Lipinski definition) is 3. The molecule has 0 saturated heterocycles. The number of guanidine groups is 1. The summed E-state index contributed by atoms with van der Waals surface area (Å²) in [6.45, 7) is 3.71. The normalized spacial score (nSPS) is 17.9. The van der Waals surface area contributed by atoms with Crippen molar-refractivity contribution in [2.45, 2.75) is 64.5 Å². The Labute approximate surface area is 168 Å². The molecule has 2 aliphatic carbocycles. The highest BCUT2D eigenvalue weighted by Crippen LogP contribution is 2.30. The third-order valence-corrected chi connectivity index (χ3v) is 5.45. The molecule has 0 aromatic heterocycles. The molecular formula is C22H34N4O2. The van der Waals surface area contributed by atoms with E-state index >= 15 is 0 Å². The number of amides is 1. The average Bonchev–Trinajstić information content (AvgIpc) is 3.53. The van der Waals surface area contributed by atoms with Crippen LogP contribution >= 0.6 is 0 Å². The standard InChI is InChI=1S/C22H34N4O2/c1-16-8-11-18(20(12-16)28-15-17-9-10-17)13-24-22(23-2)25-14-21(27)26-19-6-4-3-5-7-19/h8,11-12,17,19H,3-7,9-10,13-15H2,1-2H3,(H,26,27)(H2,23,24,25). The van der Waals surface area contributed by atoms with Crippen LogP contribution in [0.2, 0.25) is 0 Å². The molecule has 2 fully saturated rings. The van der Waals surface area contributed by atoms with E-state index in [1.165, 1.54) is 37.7 Å². The van der Waals surface area contributed by atoms with Crippen molar-refractivity contribution in [3.63, 3.8) is 0 Å². The van der Waals surface area contributed by atoms with Crippen molar-refractivity contribution in [2.24, 2.45) is 10.9 Å². The van der Waals surface area contributed by atoms with E-state index in [1.807, 2.05) is 0 Å². The first-order valence-electron chi connectivity index (χ1n) is 10.6. The van der Waals surface area contributed by atoms with E-state index in [1.54, 1.807) is 7.05 Å². The topological polar surface area (TPSA) is 74.8 Å². The van der Waals surface area contributed by atoms with Gasteiger partial charge in [-0.05, 0) is 50.2 Å². The fourth-order valence-electron chi connectivity index (χ4n) is 3.52. The summed E-state index contributed by atoms with van der Waals surface area (Å²) in [4.78, 5) is 16.4. The van der Waals surface area contributed by atoms with Crippen LogP contribution in [0, 0.1) is 12.8 Å². The second-order valence-corrected chi connectivity index (χ2v) is 8.05. The maximum absolute atomic E-state index is 12.2. The molecule has 0 heterocycles. The molecule has 0 radical (unpaired) electrons. The quantitative estimate of drug-likeness (QED) is 0.474. The number of aryl methyl sites for hydroxylation is 1. The molecule has 28 heavy (non-hydrogen) atoms. The van der Waals surface area contributed by atoms with E-state index in [4.69, 9.17) is 4.74 Å². The molecule has 0 atom stereocenters. The molecule has 0 aliphatic heterocycles. The number of ether oxygens (including phenoxy) is 1. The summed E-state index contributed by atoms with van der Waals surface area (Å²) in [7, 11) is 1.72. The summed E-state index contributed by atoms with van der Waals surface area (Å²) >= 11 is 0. The largest absolute Gasteiger partial charge is 0.493 e. The van der Waals surface area contributed by atoms with E-state index in [0.29, 0.717) is 18.5 Å². The number of carbonyl (C=O) groups excluding carboxylic acids is 1. The van der Waals surface area contributed by atoms with Gasteiger partial charge in [0.15, 0.2) is 5.96 Å². The van der Waals surface area contributed by atoms with Gasteiger partial charge in [-0.15, -0.1) is 0 Å². The molecule has 3 rings (SSSR count). The van der Waals surface area contributed by atoms with Gasteiger partial charge in [0.25, 0.3) is 0 Å². The van der Waals surface area contributed by atoms with Crippen molar-refractivity contribution < 1.29 is 9.53 Å². The van der Waals surface area contributed by atoms with Crippen molar-refractivity contribution in [3.05, 3.63) is 29.3 Å². The lowest BCUT2D eigenvalue weighted by Crippen LogP contribution is -2.45. The maximum Gasteiger partial charge on any atom is 0.239 e. The van der Waals surface area contributed by atoms with E-state index in [-0.39, 0.29) is 12.5 Å². The summed E-state index contributed by atoms with van der Waals surface area (Å²) in [6.07, 6.45) is 8.45. The Balaban J connectivity index is 1.44. The minimum atomic E-state index is 0.0265. The molecule has 2 saturated carbocycles. The Hall–Kier alpha value is -2.24. The van der Waals surface area contributed by atoms with Crippen LogP contribution in [0.3, 0.4) is 0 Å². The summed E-state index contributed by atoms with van der Waals surface area (Å²) in [5, 5.41) is 9.51. The summed E-state index contributed by atoms with van der Waals surface area (Å²) in [6, 6.07) is 6.60. The molecule has 6 heteroatoms. The number of benzene rings is 1. The molecule has 0 bridgehead atoms. The fourth-order valence-corrected chi connectivity index (χ4v) is 3.52. The highest BCUT2D eigenvalue weighted by atomic mass is 16.5. The molecule has 1 aromatic rings. The van der Waals surface area contributed by atoms with E-state index < -0.39 is 0 Å². The lowest BCUT2D eigenvalue weighted by atomic mass is 9.95. The lowest BCUT2D eigenvalue weighted by Gasteiger charge is -2.23. The van der Waals surface area contributed by atoms with Crippen molar-refractivity contribution in [1.82, 2.24) is 16.0 Å². The number of carbonyl (C=O) groups is 1. The Morgan fingerprint density at radius 2 is 1.93 bits per heavy atom. The smallest absolute Gasteiger partial charge is 0.239 e. The zero-order chi connectivity index (χ0) is 19.8. The monoisotopic (exact) mass is 386 g/mol. The molecule has 0 spiro atoms. The maximum atomic E-state index is 12.2. The van der Waals surface area contributed by atoms with Crippen LogP contribution in [0.1, 0.15) is 56.1 Å². The van der Waals surface area contributed by atoms with Gasteiger partial charge in [-0.2, -0.15) is 0 Å². The first kappa shape index (κ1) is 20.5. The molecule has 6 nitrogen and oxygen atoms in total. The third-order valence-electron chi connectivity index (χ3n) is 5.45. The second-order valence-electron chi connectivity index (χ2n) is 8.05. The van der Waals surface area contributed by atoms with Crippen LogP contribution < -0.4 is 20.7 Å². The van der Waals surface area contributed by atoms with Gasteiger partial charge < -0.3 is 20.7 Å². The summed E-state index contributed by atoms with van der Waals surface area (Å²) in [5.74, 6) is 2.30. The predicted octanol–water partition coefficient (Wildman–Crippen LogP) is 2.90. The number of aliphatic imine (C=N–C) groups is 1. The van der Waals surface area contributed by atoms with Crippen LogP contribution in [0.15, 0.2) is 23.2 Å². The number of nitrogens with zero attached hydrogens (tertiary/aromatic N) is 1. The zero-order valence-corrected chi connectivity index (χ0v) is 17.2. The minimum absolute atomic E-state index is 0.0265. The number of rotatable bonds is 8. The van der Waals surface area contributed by atoms with Gasteiger partial charge in [0.05, 0.1) is 13.2 Å². The van der Waals surface area contributed by atoms with Gasteiger partial charge in [0, 0.05) is 25.2 Å². The van der Waals surface area contributed by atoms with Gasteiger partial charge >= 0.3 is 0 Å². The SMILES string of the molecule is CN=C(NCC(=O)NC1CCCCC1)NCc1ccc(C)cc1OCC1CC1. The van der Waals surface area contributed by atoms with Gasteiger partial charge in [0.2, 0.25) is 5.91 Å². The minimum Gasteiger partial charge on any atom is -0.493 e. The molecule has 1 amide bonds. The van der Waals surface area contributed by atoms with Gasteiger partial charge in [-0.3, -0.25) is 9.79 Å². The van der Waals surface area contributed by atoms with E-state index in [2.05, 4.69) is 46.1 Å². The Bertz CT molecular complexity index is 679. The zero-order valence-electron chi connectivity index (χ0n) is 17.2. The summed E-state index contributed by atoms with van der Waals surface area (Å²) < 4.78 is 6.03. The van der Waals surface area contributed by atoms with E-state index in [9.17, 15) is 4.79 Å². The highest BCUT2D eigenvalue weighted by Gasteiger charge is 2.22. The highest BCUT2D eigenvalue weighted by molar-refractivity contribution is 5.86. The van der Waals surface area contributed by atoms with Gasteiger partial charge in [0.1, 0.15) is 5.75 Å². The molecule has 2 aliphatic rings. The van der Waals surface area contributed by atoms with Crippen LogP contribution in [0.4, 0.5) is 0 Å². The first-order valence-corrected chi connectivity index (χ1v) is 10.6. The van der Waals surface area contributed by atoms with Crippen molar-refractivity contribution >= 4 is 11.9 Å². The van der Waals surface area contributed by atoms with Crippen LogP contribution in [-0.4, -0.2) is 38.1 Å². The third kappa shape index (κ3) is 6.73. The second kappa shape index (κ2) is 10.3. The lowest BCUT2D eigenvalue weighted by molar-refractivity contribution is -0.120. The van der Waals surface area contributed by atoms with E-state index in [0.717, 1.165) is 36.7 Å². The van der Waals surface area contributed by atoms with Crippen LogP contribution in [0.5, 0.6) is 5.75 Å². The van der Waals surface area contributed by atoms with Crippen LogP contribution in [-0.2, 0) is 11.3 Å². The van der Waals surface area contributed by atoms with Crippen molar-refractivity contribution in [1.29, 1.82) is 0 Å². The molecular weight excluding hydrogens is 352 g/mol. The Kier molecular flexibility index (Phi) is 7.57. The molecule has 1 aromatic carbocycles. The van der Waals surface area contributed by atoms with Crippen molar-refractivity contribution in [3.8, 4) is 5.75 Å². The summed E-state index contributed by atoms with van der Waals surface area (Å²) in [5.41, 5.74) is 2.29. The molecule has 0 unspecified atom stereocenters. The average molecular weight is 387 g/mol. The predicted molar refractivity (Wildman–Crippen MR) is 113 cm³/mol. The van der Waals surface area contributed by atoms with Gasteiger partial charge in [-0.25, -0.2) is 0 Å². The fraction of sp³-hybridized carbons (Fsp3) is 0.636. The Morgan fingerprint density at radius 3 is 2.64 bits per heavy atom. The van der Waals surface area contributed by atoms with Crippen LogP contribution in [0.25, 0.3) is 0 Å². The van der Waals surface area contributed by atoms with Gasteiger partial charge in [-0.1, -0.05) is 31.4 Å². The Morgan fingerprint density at radius 1 is 1.14 bits per heavy atom.